The summed E-state index contributed by atoms with van der Waals surface area (Å²) in [5, 5.41) is 0.998. The Hall–Kier alpha value is -2.79. The number of fused-ring (bicyclic) bond motifs is 2. The van der Waals surface area contributed by atoms with Crippen LogP contribution in [0.4, 0.5) is 0 Å². The molecule has 2 heterocycles. The Bertz CT molecular complexity index is 1070. The Labute approximate surface area is 158 Å². The third-order valence-electron chi connectivity index (χ3n) is 5.48. The highest BCUT2D eigenvalue weighted by molar-refractivity contribution is 5.86. The molecular weight excluding hydrogens is 342 g/mol. The van der Waals surface area contributed by atoms with Crippen molar-refractivity contribution in [2.24, 2.45) is 0 Å². The second kappa shape index (κ2) is 6.74. The molecule has 0 fully saturated rings. The van der Waals surface area contributed by atoms with Gasteiger partial charge in [0.1, 0.15) is 30.2 Å². The lowest BCUT2D eigenvalue weighted by molar-refractivity contribution is -0.945. The van der Waals surface area contributed by atoms with Gasteiger partial charge in [-0.2, -0.15) is 0 Å². The summed E-state index contributed by atoms with van der Waals surface area (Å²) in [6.45, 7) is 8.09. The molecule has 1 aromatic heterocycles. The number of methoxy groups -OCH3 is 1. The summed E-state index contributed by atoms with van der Waals surface area (Å²) in [5.74, 6) is 1.72. The second-order valence-electron chi connectivity index (χ2n) is 7.25. The van der Waals surface area contributed by atoms with Gasteiger partial charge in [-0.05, 0) is 56.7 Å². The molecule has 0 spiro atoms. The molecule has 0 radical (unpaired) electrons. The Morgan fingerprint density at radius 3 is 2.52 bits per heavy atom. The van der Waals surface area contributed by atoms with Gasteiger partial charge in [0.05, 0.1) is 7.11 Å². The van der Waals surface area contributed by atoms with Crippen molar-refractivity contribution in [2.45, 2.75) is 33.9 Å². The summed E-state index contributed by atoms with van der Waals surface area (Å²) in [6, 6.07) is 10.3. The van der Waals surface area contributed by atoms with Crippen molar-refractivity contribution in [2.75, 3.05) is 13.8 Å². The van der Waals surface area contributed by atoms with Crippen molar-refractivity contribution in [3.05, 3.63) is 68.6 Å². The third kappa shape index (κ3) is 3.08. The van der Waals surface area contributed by atoms with Crippen LogP contribution in [0.25, 0.3) is 11.0 Å². The fourth-order valence-electron chi connectivity index (χ4n) is 3.76. The maximum atomic E-state index is 12.1. The lowest BCUT2D eigenvalue weighted by atomic mass is 9.99. The molecule has 5 nitrogen and oxygen atoms in total. The molecule has 0 saturated heterocycles. The molecule has 2 aromatic carbocycles. The Morgan fingerprint density at radius 2 is 1.81 bits per heavy atom. The van der Waals surface area contributed by atoms with Crippen LogP contribution in [0.5, 0.6) is 11.5 Å². The fourth-order valence-corrected chi connectivity index (χ4v) is 3.76. The van der Waals surface area contributed by atoms with Crippen LogP contribution in [0.2, 0.25) is 0 Å². The highest BCUT2D eigenvalue weighted by atomic mass is 16.5. The zero-order valence-corrected chi connectivity index (χ0v) is 16.1. The van der Waals surface area contributed by atoms with E-state index >= 15 is 0 Å². The number of benzene rings is 2. The van der Waals surface area contributed by atoms with E-state index in [1.807, 2.05) is 32.9 Å². The summed E-state index contributed by atoms with van der Waals surface area (Å²) < 4.78 is 16.9. The largest absolute Gasteiger partial charge is 0.497 e. The van der Waals surface area contributed by atoms with Gasteiger partial charge in [0.2, 0.25) is 6.73 Å². The summed E-state index contributed by atoms with van der Waals surface area (Å²) >= 11 is 0. The maximum Gasteiger partial charge on any atom is 0.339 e. The molecule has 1 N–H and O–H groups in total. The molecule has 140 valence electrons. The summed E-state index contributed by atoms with van der Waals surface area (Å²) in [7, 11) is 1.67. The van der Waals surface area contributed by atoms with Gasteiger partial charge in [-0.15, -0.1) is 0 Å². The molecule has 5 heteroatoms. The maximum absolute atomic E-state index is 12.1. The normalized spacial score (nSPS) is 16.1. The first-order valence-electron chi connectivity index (χ1n) is 9.13. The predicted octanol–water partition coefficient (Wildman–Crippen LogP) is 2.66. The molecular formula is C22H24NO4+. The highest BCUT2D eigenvalue weighted by Gasteiger charge is 2.25. The van der Waals surface area contributed by atoms with Crippen molar-refractivity contribution in [1.82, 2.24) is 0 Å². The summed E-state index contributed by atoms with van der Waals surface area (Å²) in [6.07, 6.45) is 0. The average molecular weight is 366 g/mol. The molecule has 0 amide bonds. The molecule has 1 aliphatic rings. The van der Waals surface area contributed by atoms with Gasteiger partial charge in [-0.25, -0.2) is 4.79 Å². The molecule has 1 atom stereocenters. The van der Waals surface area contributed by atoms with Crippen molar-refractivity contribution < 1.29 is 18.8 Å². The number of hydrogen-bond acceptors (Lipinski definition) is 4. The third-order valence-corrected chi connectivity index (χ3v) is 5.48. The van der Waals surface area contributed by atoms with Gasteiger partial charge in [-0.1, -0.05) is 0 Å². The van der Waals surface area contributed by atoms with Gasteiger partial charge in [0, 0.05) is 27.6 Å². The highest BCUT2D eigenvalue weighted by Crippen LogP contribution is 2.33. The van der Waals surface area contributed by atoms with Gasteiger partial charge >= 0.3 is 5.63 Å². The first kappa shape index (κ1) is 17.6. The van der Waals surface area contributed by atoms with E-state index in [4.69, 9.17) is 13.9 Å². The summed E-state index contributed by atoms with van der Waals surface area (Å²) in [4.78, 5) is 13.4. The minimum Gasteiger partial charge on any atom is -0.497 e. The number of ether oxygens (including phenoxy) is 2. The smallest absolute Gasteiger partial charge is 0.339 e. The van der Waals surface area contributed by atoms with E-state index in [1.165, 1.54) is 10.5 Å². The van der Waals surface area contributed by atoms with Gasteiger partial charge in [0.15, 0.2) is 0 Å². The Kier molecular flexibility index (Phi) is 4.40. The van der Waals surface area contributed by atoms with Crippen LogP contribution in [-0.2, 0) is 13.1 Å². The summed E-state index contributed by atoms with van der Waals surface area (Å²) in [5.41, 5.74) is 5.33. The fraction of sp³-hybridized carbons (Fsp3) is 0.318. The van der Waals surface area contributed by atoms with Crippen LogP contribution in [0.15, 0.2) is 39.5 Å². The van der Waals surface area contributed by atoms with Crippen LogP contribution >= 0.6 is 0 Å². The van der Waals surface area contributed by atoms with Crippen molar-refractivity contribution in [1.29, 1.82) is 0 Å². The molecule has 4 rings (SSSR count). The van der Waals surface area contributed by atoms with Crippen LogP contribution in [-0.4, -0.2) is 13.8 Å². The lowest BCUT2D eigenvalue weighted by Crippen LogP contribution is -3.10. The molecule has 0 bridgehead atoms. The molecule has 1 aliphatic heterocycles. The first-order chi connectivity index (χ1) is 13.0. The van der Waals surface area contributed by atoms with Gasteiger partial charge in [-0.3, -0.25) is 4.90 Å². The van der Waals surface area contributed by atoms with E-state index in [9.17, 15) is 4.79 Å². The Balaban J connectivity index is 1.67. The topological polar surface area (TPSA) is 53.1 Å². The average Bonchev–Trinajstić information content (AvgIpc) is 2.68. The first-order valence-corrected chi connectivity index (χ1v) is 9.13. The number of hydrogen-bond donors (Lipinski definition) is 1. The van der Waals surface area contributed by atoms with Crippen LogP contribution in [0, 0.1) is 20.8 Å². The molecule has 0 saturated carbocycles. The Morgan fingerprint density at radius 1 is 1.07 bits per heavy atom. The minimum absolute atomic E-state index is 0.273. The van der Waals surface area contributed by atoms with E-state index in [0.29, 0.717) is 17.9 Å². The van der Waals surface area contributed by atoms with E-state index < -0.39 is 0 Å². The van der Waals surface area contributed by atoms with Crippen LogP contribution in [0.1, 0.15) is 27.8 Å². The van der Waals surface area contributed by atoms with Crippen molar-refractivity contribution >= 4 is 11.0 Å². The van der Waals surface area contributed by atoms with Gasteiger partial charge in [0.25, 0.3) is 0 Å². The minimum atomic E-state index is -0.273. The van der Waals surface area contributed by atoms with E-state index in [1.54, 1.807) is 7.11 Å². The monoisotopic (exact) mass is 366 g/mol. The number of quaternary nitrogens is 1. The molecule has 27 heavy (non-hydrogen) atoms. The van der Waals surface area contributed by atoms with Crippen molar-refractivity contribution in [3.63, 3.8) is 0 Å². The van der Waals surface area contributed by atoms with Crippen LogP contribution < -0.4 is 20.0 Å². The SMILES string of the molecule is COc1ccc(C[NH+]2COc3c(cc4c(C)c(C)c(=O)oc4c3C)C2)cc1. The second-order valence-corrected chi connectivity index (χ2v) is 7.25. The number of aryl methyl sites for hydroxylation is 2. The number of nitrogens with one attached hydrogen (secondary N) is 1. The van der Waals surface area contributed by atoms with E-state index in [2.05, 4.69) is 18.2 Å². The quantitative estimate of drug-likeness (QED) is 0.724. The van der Waals surface area contributed by atoms with Crippen LogP contribution in [0.3, 0.4) is 0 Å². The molecule has 0 aliphatic carbocycles. The zero-order valence-electron chi connectivity index (χ0n) is 16.1. The van der Waals surface area contributed by atoms with Crippen molar-refractivity contribution in [3.8, 4) is 11.5 Å². The van der Waals surface area contributed by atoms with E-state index in [-0.39, 0.29) is 5.63 Å². The zero-order chi connectivity index (χ0) is 19.1. The number of rotatable bonds is 3. The molecule has 3 aromatic rings. The predicted molar refractivity (Wildman–Crippen MR) is 104 cm³/mol. The lowest BCUT2D eigenvalue weighted by Gasteiger charge is -2.28. The van der Waals surface area contributed by atoms with E-state index in [0.717, 1.165) is 46.7 Å². The molecule has 1 unspecified atom stereocenters. The standard InChI is InChI=1S/C22H23NO4/c1-13-14(2)22(24)27-21-15(3)20-17(9-19(13)21)11-23(12-26-20)10-16-5-7-18(25-4)8-6-16/h5-9H,10-12H2,1-4H3/p+1. The van der Waals surface area contributed by atoms with Gasteiger partial charge < -0.3 is 13.9 Å².